The number of aromatic nitrogens is 2. The highest BCUT2D eigenvalue weighted by atomic mass is 14.9. The van der Waals surface area contributed by atoms with Crippen LogP contribution in [-0.4, -0.2) is 9.13 Å². The van der Waals surface area contributed by atoms with Crippen molar-refractivity contribution in [2.75, 3.05) is 5.73 Å². The molecule has 0 unspecified atom stereocenters. The number of hydrogen-bond donors (Lipinski definition) is 1. The molecule has 0 aromatic carbocycles. The lowest BCUT2D eigenvalue weighted by Gasteiger charge is -1.81. The topological polar surface area (TPSA) is 35.9 Å². The van der Waals surface area contributed by atoms with Crippen molar-refractivity contribution in [3.63, 3.8) is 0 Å². The molecule has 0 saturated carbocycles. The van der Waals surface area contributed by atoms with Gasteiger partial charge in [0.2, 0.25) is 0 Å². The van der Waals surface area contributed by atoms with Gasteiger partial charge in [0.05, 0.1) is 0 Å². The number of rotatable bonds is 0. The summed E-state index contributed by atoms with van der Waals surface area (Å²) in [6, 6.07) is 5.86. The minimum absolute atomic E-state index is 0. The minimum Gasteiger partial charge on any atom is -0.398 e. The maximum absolute atomic E-state index is 5.36. The van der Waals surface area contributed by atoms with Gasteiger partial charge < -0.3 is 14.9 Å². The Hall–Kier alpha value is -1.64. The van der Waals surface area contributed by atoms with E-state index >= 15 is 0 Å². The third-order valence-corrected chi connectivity index (χ3v) is 1.61. The van der Waals surface area contributed by atoms with Crippen LogP contribution in [0.1, 0.15) is 7.43 Å². The SMILES string of the molecule is C.Cn1ccc(N)c1.Cn1cccc1. The van der Waals surface area contributed by atoms with Crippen LogP contribution < -0.4 is 5.73 Å². The van der Waals surface area contributed by atoms with Gasteiger partial charge in [-0.1, -0.05) is 7.43 Å². The van der Waals surface area contributed by atoms with E-state index in [1.54, 1.807) is 0 Å². The predicted molar refractivity (Wildman–Crippen MR) is 62.0 cm³/mol. The van der Waals surface area contributed by atoms with E-state index < -0.39 is 0 Å². The molecule has 3 heteroatoms. The number of nitrogens with zero attached hydrogens (tertiary/aromatic N) is 2. The summed E-state index contributed by atoms with van der Waals surface area (Å²) in [5.74, 6) is 0. The fourth-order valence-electron chi connectivity index (χ4n) is 0.945. The van der Waals surface area contributed by atoms with E-state index in [1.165, 1.54) is 0 Å². The van der Waals surface area contributed by atoms with Crippen molar-refractivity contribution in [3.05, 3.63) is 43.0 Å². The largest absolute Gasteiger partial charge is 0.398 e. The Bertz CT molecular complexity index is 317. The van der Waals surface area contributed by atoms with E-state index in [9.17, 15) is 0 Å². The number of nitrogen functional groups attached to an aromatic ring is 1. The van der Waals surface area contributed by atoms with Gasteiger partial charge in [-0.2, -0.15) is 0 Å². The number of nitrogens with two attached hydrogens (primary N) is 1. The second-order valence-electron chi connectivity index (χ2n) is 2.96. The summed E-state index contributed by atoms with van der Waals surface area (Å²) in [5.41, 5.74) is 6.18. The van der Waals surface area contributed by atoms with Crippen molar-refractivity contribution in [3.8, 4) is 0 Å². The van der Waals surface area contributed by atoms with E-state index in [2.05, 4.69) is 0 Å². The van der Waals surface area contributed by atoms with Crippen molar-refractivity contribution in [2.24, 2.45) is 14.1 Å². The first kappa shape index (κ1) is 12.4. The average Bonchev–Trinajstić information content (AvgIpc) is 2.64. The summed E-state index contributed by atoms with van der Waals surface area (Å²) >= 11 is 0. The van der Waals surface area contributed by atoms with Gasteiger partial charge in [0.25, 0.3) is 0 Å². The Kier molecular flexibility index (Phi) is 5.22. The van der Waals surface area contributed by atoms with Crippen LogP contribution in [-0.2, 0) is 14.1 Å². The molecule has 0 aliphatic rings. The smallest absolute Gasteiger partial charge is 0.0493 e. The molecule has 0 atom stereocenters. The molecule has 78 valence electrons. The van der Waals surface area contributed by atoms with E-state index in [0.717, 1.165) is 5.69 Å². The Morgan fingerprint density at radius 1 is 1.00 bits per heavy atom. The molecule has 2 aromatic heterocycles. The van der Waals surface area contributed by atoms with Crippen LogP contribution in [0.15, 0.2) is 43.0 Å². The number of anilines is 1. The average molecular weight is 193 g/mol. The first-order chi connectivity index (χ1) is 6.18. The predicted octanol–water partition coefficient (Wildman–Crippen LogP) is 2.27. The maximum Gasteiger partial charge on any atom is 0.0493 e. The van der Waals surface area contributed by atoms with Gasteiger partial charge in [-0.05, 0) is 18.2 Å². The Balaban J connectivity index is 0.000000227. The molecule has 2 N–H and O–H groups in total. The van der Waals surface area contributed by atoms with E-state index in [0.29, 0.717) is 0 Å². The number of hydrogen-bond acceptors (Lipinski definition) is 1. The van der Waals surface area contributed by atoms with E-state index in [-0.39, 0.29) is 7.43 Å². The molecule has 0 aliphatic heterocycles. The van der Waals surface area contributed by atoms with Gasteiger partial charge in [0.15, 0.2) is 0 Å². The lowest BCUT2D eigenvalue weighted by atomic mass is 10.6. The molecule has 0 bridgehead atoms. The number of aryl methyl sites for hydroxylation is 2. The van der Waals surface area contributed by atoms with Crippen molar-refractivity contribution in [1.29, 1.82) is 0 Å². The van der Waals surface area contributed by atoms with Crippen molar-refractivity contribution in [1.82, 2.24) is 9.13 Å². The fourth-order valence-corrected chi connectivity index (χ4v) is 0.945. The lowest BCUT2D eigenvalue weighted by molar-refractivity contribution is 0.928. The van der Waals surface area contributed by atoms with E-state index in [1.807, 2.05) is 66.2 Å². The quantitative estimate of drug-likeness (QED) is 0.684. The minimum atomic E-state index is 0. The summed E-state index contributed by atoms with van der Waals surface area (Å²) in [7, 11) is 3.94. The molecular weight excluding hydrogens is 174 g/mol. The molecule has 0 spiro atoms. The molecule has 2 heterocycles. The molecule has 2 aromatic rings. The standard InChI is InChI=1S/C5H8N2.C5H7N.CH4/c1-7-3-2-5(6)4-7;1-6-4-2-3-5-6;/h2-4H,6H2,1H3;2-5H,1H3;1H4. The normalized spacial score (nSPS) is 8.43. The lowest BCUT2D eigenvalue weighted by Crippen LogP contribution is -1.80. The zero-order valence-electron chi connectivity index (χ0n) is 8.01. The maximum atomic E-state index is 5.36. The van der Waals surface area contributed by atoms with Crippen molar-refractivity contribution in [2.45, 2.75) is 7.43 Å². The molecule has 0 fully saturated rings. The molecule has 0 saturated heterocycles. The van der Waals surface area contributed by atoms with Gasteiger partial charge in [-0.25, -0.2) is 0 Å². The van der Waals surface area contributed by atoms with Crippen LogP contribution in [0.4, 0.5) is 5.69 Å². The summed E-state index contributed by atoms with van der Waals surface area (Å²) in [6.45, 7) is 0. The highest BCUT2D eigenvalue weighted by Gasteiger charge is 1.80. The van der Waals surface area contributed by atoms with Crippen LogP contribution in [0.25, 0.3) is 0 Å². The molecule has 0 radical (unpaired) electrons. The Labute approximate surface area is 85.8 Å². The van der Waals surface area contributed by atoms with Crippen molar-refractivity contribution < 1.29 is 0 Å². The van der Waals surface area contributed by atoms with Crippen LogP contribution in [0.2, 0.25) is 0 Å². The summed E-state index contributed by atoms with van der Waals surface area (Å²) in [6.07, 6.45) is 7.77. The highest BCUT2D eigenvalue weighted by Crippen LogP contribution is 1.97. The second-order valence-corrected chi connectivity index (χ2v) is 2.96. The van der Waals surface area contributed by atoms with Gasteiger partial charge in [0, 0.05) is 44.6 Å². The molecule has 3 nitrogen and oxygen atoms in total. The summed E-state index contributed by atoms with van der Waals surface area (Å²) in [5, 5.41) is 0. The van der Waals surface area contributed by atoms with Gasteiger partial charge in [-0.15, -0.1) is 0 Å². The van der Waals surface area contributed by atoms with Gasteiger partial charge in [-0.3, -0.25) is 0 Å². The second kappa shape index (κ2) is 5.91. The molecule has 2 rings (SSSR count). The van der Waals surface area contributed by atoms with Crippen LogP contribution >= 0.6 is 0 Å². The summed E-state index contributed by atoms with van der Waals surface area (Å²) in [4.78, 5) is 0. The first-order valence-corrected chi connectivity index (χ1v) is 4.13. The van der Waals surface area contributed by atoms with Gasteiger partial charge in [0.1, 0.15) is 0 Å². The van der Waals surface area contributed by atoms with Crippen LogP contribution in [0, 0.1) is 0 Å². The Morgan fingerprint density at radius 3 is 1.71 bits per heavy atom. The highest BCUT2D eigenvalue weighted by molar-refractivity contribution is 5.33. The third kappa shape index (κ3) is 4.40. The zero-order chi connectivity index (χ0) is 9.68. The van der Waals surface area contributed by atoms with Crippen molar-refractivity contribution >= 4 is 5.69 Å². The first-order valence-electron chi connectivity index (χ1n) is 4.13. The molecule has 14 heavy (non-hydrogen) atoms. The van der Waals surface area contributed by atoms with E-state index in [4.69, 9.17) is 5.73 Å². The monoisotopic (exact) mass is 193 g/mol. The van der Waals surface area contributed by atoms with Crippen LogP contribution in [0.3, 0.4) is 0 Å². The third-order valence-electron chi connectivity index (χ3n) is 1.61. The molecule has 0 amide bonds. The fraction of sp³-hybridized carbons (Fsp3) is 0.273. The zero-order valence-corrected chi connectivity index (χ0v) is 8.01. The van der Waals surface area contributed by atoms with Gasteiger partial charge >= 0.3 is 0 Å². The van der Waals surface area contributed by atoms with Crippen LogP contribution in [0.5, 0.6) is 0 Å². The molecule has 0 aliphatic carbocycles. The molecular formula is C11H19N3. The Morgan fingerprint density at radius 2 is 1.57 bits per heavy atom. The summed E-state index contributed by atoms with van der Waals surface area (Å²) < 4.78 is 3.91.